The standard InChI is InChI=1S/C23H20F6N4O3S/c1-11-19-15(8-17(24)21(11)36-22(25)26)16(9-30)20(33(19)13-4-3-5-13)18-7-6-14(10-31-18)37(34,35)32-12(2)23(27,28)29/h6-8,10,12-13,22,32H,3-5H2,1-2H3. The van der Waals surface area contributed by atoms with Gasteiger partial charge in [0.25, 0.3) is 0 Å². The Morgan fingerprint density at radius 3 is 2.43 bits per heavy atom. The summed E-state index contributed by atoms with van der Waals surface area (Å²) in [6, 6.07) is 2.66. The molecule has 1 N–H and O–H groups in total. The van der Waals surface area contributed by atoms with E-state index < -0.39 is 45.3 Å². The van der Waals surface area contributed by atoms with Crippen LogP contribution in [0.1, 0.15) is 43.4 Å². The summed E-state index contributed by atoms with van der Waals surface area (Å²) in [5.74, 6) is -1.74. The van der Waals surface area contributed by atoms with E-state index in [2.05, 4.69) is 9.72 Å². The summed E-state index contributed by atoms with van der Waals surface area (Å²) in [7, 11) is -4.57. The molecule has 37 heavy (non-hydrogen) atoms. The maximum absolute atomic E-state index is 14.7. The Kier molecular flexibility index (Phi) is 6.89. The van der Waals surface area contributed by atoms with E-state index in [1.807, 2.05) is 6.07 Å². The first-order valence-corrected chi connectivity index (χ1v) is 12.5. The molecule has 0 radical (unpaired) electrons. The fourth-order valence-corrected chi connectivity index (χ4v) is 5.44. The molecule has 1 aliphatic rings. The summed E-state index contributed by atoms with van der Waals surface area (Å²) >= 11 is 0. The number of nitriles is 1. The first-order chi connectivity index (χ1) is 17.3. The summed E-state index contributed by atoms with van der Waals surface area (Å²) in [6.07, 6.45) is -1.75. The molecule has 2 heterocycles. The molecule has 1 aliphatic carbocycles. The van der Waals surface area contributed by atoms with Crippen molar-refractivity contribution < 1.29 is 39.5 Å². The molecular weight excluding hydrogens is 526 g/mol. The zero-order chi connectivity index (χ0) is 27.3. The second-order valence-corrected chi connectivity index (χ2v) is 10.4. The normalized spacial score (nSPS) is 15.6. The second kappa shape index (κ2) is 9.53. The van der Waals surface area contributed by atoms with Gasteiger partial charge in [-0.15, -0.1) is 0 Å². The SMILES string of the molecule is Cc1c(OC(F)F)c(F)cc2c(C#N)c(-c3ccc(S(=O)(=O)NC(C)C(F)(F)F)cn3)n(C3CCC3)c12. The van der Waals surface area contributed by atoms with E-state index in [0.29, 0.717) is 25.3 Å². The molecule has 1 aromatic carbocycles. The van der Waals surface area contributed by atoms with Crippen molar-refractivity contribution in [3.8, 4) is 23.2 Å². The molecule has 3 aromatic rings. The fourth-order valence-electron chi connectivity index (χ4n) is 4.27. The van der Waals surface area contributed by atoms with Crippen molar-refractivity contribution in [2.24, 2.45) is 0 Å². The third-order valence-electron chi connectivity index (χ3n) is 6.30. The highest BCUT2D eigenvalue weighted by Gasteiger charge is 2.39. The van der Waals surface area contributed by atoms with Crippen molar-refractivity contribution in [1.29, 1.82) is 5.26 Å². The lowest BCUT2D eigenvalue weighted by Crippen LogP contribution is -2.42. The quantitative estimate of drug-likeness (QED) is 0.391. The smallest absolute Gasteiger partial charge is 0.404 e. The van der Waals surface area contributed by atoms with E-state index in [9.17, 15) is 40.0 Å². The molecule has 0 aliphatic heterocycles. The van der Waals surface area contributed by atoms with Gasteiger partial charge >= 0.3 is 12.8 Å². The first kappa shape index (κ1) is 26.7. The van der Waals surface area contributed by atoms with Crippen LogP contribution in [0, 0.1) is 24.1 Å². The maximum atomic E-state index is 14.7. The van der Waals surface area contributed by atoms with Gasteiger partial charge in [0.05, 0.1) is 22.5 Å². The van der Waals surface area contributed by atoms with Gasteiger partial charge < -0.3 is 9.30 Å². The van der Waals surface area contributed by atoms with Crippen LogP contribution in [0.5, 0.6) is 5.75 Å². The predicted molar refractivity (Wildman–Crippen MR) is 120 cm³/mol. The highest BCUT2D eigenvalue weighted by Crippen LogP contribution is 2.45. The fraction of sp³-hybridized carbons (Fsp3) is 0.391. The number of ether oxygens (including phenoxy) is 1. The molecule has 0 spiro atoms. The van der Waals surface area contributed by atoms with Crippen LogP contribution in [0.2, 0.25) is 0 Å². The predicted octanol–water partition coefficient (Wildman–Crippen LogP) is 5.58. The molecule has 14 heteroatoms. The average Bonchev–Trinajstić information content (AvgIpc) is 3.08. The summed E-state index contributed by atoms with van der Waals surface area (Å²) < 4.78 is 112. The first-order valence-electron chi connectivity index (χ1n) is 11.0. The van der Waals surface area contributed by atoms with Crippen molar-refractivity contribution in [2.75, 3.05) is 0 Å². The molecule has 4 rings (SSSR count). The van der Waals surface area contributed by atoms with Gasteiger partial charge in [-0.1, -0.05) is 0 Å². The lowest BCUT2D eigenvalue weighted by Gasteiger charge is -2.30. The molecule has 1 unspecified atom stereocenters. The van der Waals surface area contributed by atoms with E-state index in [1.54, 1.807) is 4.57 Å². The van der Waals surface area contributed by atoms with Gasteiger partial charge in [-0.2, -0.15) is 31.9 Å². The van der Waals surface area contributed by atoms with Gasteiger partial charge in [0.1, 0.15) is 17.0 Å². The van der Waals surface area contributed by atoms with E-state index in [-0.39, 0.29) is 33.9 Å². The Bertz CT molecular complexity index is 1490. The number of fused-ring (bicyclic) bond motifs is 1. The Morgan fingerprint density at radius 1 is 1.27 bits per heavy atom. The number of pyridine rings is 1. The number of halogens is 6. The zero-order valence-electron chi connectivity index (χ0n) is 19.4. The number of hydrogen-bond acceptors (Lipinski definition) is 5. The number of benzene rings is 1. The summed E-state index contributed by atoms with van der Waals surface area (Å²) in [6.45, 7) is -1.24. The zero-order valence-corrected chi connectivity index (χ0v) is 20.2. The molecule has 2 aromatic heterocycles. The number of rotatable bonds is 7. The largest absolute Gasteiger partial charge is 0.431 e. The van der Waals surface area contributed by atoms with Gasteiger partial charge in [-0.25, -0.2) is 12.8 Å². The molecular formula is C23H20F6N4O3S. The van der Waals surface area contributed by atoms with Crippen LogP contribution in [0.4, 0.5) is 26.3 Å². The number of nitrogens with zero attached hydrogens (tertiary/aromatic N) is 3. The number of sulfonamides is 1. The average molecular weight is 546 g/mol. The van der Waals surface area contributed by atoms with E-state index in [0.717, 1.165) is 24.8 Å². The molecule has 0 amide bonds. The monoisotopic (exact) mass is 546 g/mol. The van der Waals surface area contributed by atoms with Crippen molar-refractivity contribution in [2.45, 2.75) is 62.9 Å². The second-order valence-electron chi connectivity index (χ2n) is 8.64. The van der Waals surface area contributed by atoms with Gasteiger partial charge in [-0.05, 0) is 51.3 Å². The minimum atomic E-state index is -4.80. The van der Waals surface area contributed by atoms with Crippen molar-refractivity contribution in [3.05, 3.63) is 41.3 Å². The van der Waals surface area contributed by atoms with Gasteiger partial charge in [0.15, 0.2) is 11.6 Å². The number of aromatic nitrogens is 2. The van der Waals surface area contributed by atoms with E-state index >= 15 is 0 Å². The third kappa shape index (κ3) is 4.85. The molecule has 1 atom stereocenters. The molecule has 0 saturated heterocycles. The topological polar surface area (TPSA) is 97.0 Å². The number of alkyl halides is 5. The molecule has 1 saturated carbocycles. The number of aryl methyl sites for hydroxylation is 1. The maximum Gasteiger partial charge on any atom is 0.404 e. The summed E-state index contributed by atoms with van der Waals surface area (Å²) in [5, 5.41) is 10.1. The lowest BCUT2D eigenvalue weighted by molar-refractivity contribution is -0.147. The van der Waals surface area contributed by atoms with Crippen molar-refractivity contribution in [3.63, 3.8) is 0 Å². The van der Waals surface area contributed by atoms with Gasteiger partial charge in [0, 0.05) is 23.2 Å². The Labute approximate surface area is 207 Å². The molecule has 0 bridgehead atoms. The van der Waals surface area contributed by atoms with E-state index in [4.69, 9.17) is 0 Å². The van der Waals surface area contributed by atoms with Crippen LogP contribution in [-0.2, 0) is 10.0 Å². The molecule has 1 fully saturated rings. The van der Waals surface area contributed by atoms with Crippen LogP contribution < -0.4 is 9.46 Å². The summed E-state index contributed by atoms with van der Waals surface area (Å²) in [5.41, 5.74) is 0.638. The Morgan fingerprint density at radius 2 is 1.95 bits per heavy atom. The third-order valence-corrected chi connectivity index (χ3v) is 7.82. The van der Waals surface area contributed by atoms with Crippen molar-refractivity contribution >= 4 is 20.9 Å². The lowest BCUT2D eigenvalue weighted by atomic mass is 9.92. The van der Waals surface area contributed by atoms with Crippen LogP contribution in [-0.4, -0.2) is 36.8 Å². The van der Waals surface area contributed by atoms with Crippen LogP contribution in [0.3, 0.4) is 0 Å². The molecule has 198 valence electrons. The number of hydrogen-bond donors (Lipinski definition) is 1. The van der Waals surface area contributed by atoms with Crippen molar-refractivity contribution in [1.82, 2.24) is 14.3 Å². The van der Waals surface area contributed by atoms with Crippen LogP contribution >= 0.6 is 0 Å². The highest BCUT2D eigenvalue weighted by molar-refractivity contribution is 7.89. The van der Waals surface area contributed by atoms with E-state index in [1.165, 1.54) is 17.7 Å². The van der Waals surface area contributed by atoms with Crippen LogP contribution in [0.25, 0.3) is 22.3 Å². The Balaban J connectivity index is 1.88. The highest BCUT2D eigenvalue weighted by atomic mass is 32.2. The Hall–Kier alpha value is -3.31. The minimum Gasteiger partial charge on any atom is -0.431 e. The van der Waals surface area contributed by atoms with Crippen LogP contribution in [0.15, 0.2) is 29.3 Å². The number of nitrogens with one attached hydrogen (secondary N) is 1. The van der Waals surface area contributed by atoms with Gasteiger partial charge in [-0.3, -0.25) is 4.98 Å². The minimum absolute atomic E-state index is 0.0144. The van der Waals surface area contributed by atoms with Gasteiger partial charge in [0.2, 0.25) is 10.0 Å². The summed E-state index contributed by atoms with van der Waals surface area (Å²) in [4.78, 5) is 3.56. The molecule has 7 nitrogen and oxygen atoms in total.